The van der Waals surface area contributed by atoms with Gasteiger partial charge in [-0.2, -0.15) is 26.3 Å². The number of fused-ring (bicyclic) bond motifs is 1. The first-order valence-electron chi connectivity index (χ1n) is 11.2. The molecule has 15 heteroatoms. The molecule has 2 aromatic heterocycles. The minimum absolute atomic E-state index is 0.184. The van der Waals surface area contributed by atoms with Gasteiger partial charge >= 0.3 is 24.3 Å². The van der Waals surface area contributed by atoms with E-state index >= 15 is 0 Å². The van der Waals surface area contributed by atoms with Crippen molar-refractivity contribution in [3.63, 3.8) is 0 Å². The van der Waals surface area contributed by atoms with Gasteiger partial charge in [0, 0.05) is 29.7 Å². The zero-order chi connectivity index (χ0) is 28.5. The van der Waals surface area contributed by atoms with Gasteiger partial charge in [-0.25, -0.2) is 9.59 Å². The van der Waals surface area contributed by atoms with Gasteiger partial charge in [-0.3, -0.25) is 9.88 Å². The third-order valence-electron chi connectivity index (χ3n) is 5.47. The Morgan fingerprint density at radius 1 is 1.08 bits per heavy atom. The highest BCUT2D eigenvalue weighted by molar-refractivity contribution is 7.09. The van der Waals surface area contributed by atoms with Crippen LogP contribution in [-0.4, -0.2) is 75.8 Å². The van der Waals surface area contributed by atoms with Crippen molar-refractivity contribution in [3.05, 3.63) is 52.0 Å². The largest absolute Gasteiger partial charge is 0.490 e. The smallest absolute Gasteiger partial charge is 0.475 e. The third kappa shape index (κ3) is 10.2. The fraction of sp³-hybridized carbons (Fsp3) is 0.522. The number of thiophene rings is 1. The van der Waals surface area contributed by atoms with Crippen LogP contribution in [0.15, 0.2) is 35.7 Å². The summed E-state index contributed by atoms with van der Waals surface area (Å²) in [5, 5.41) is 16.4. The lowest BCUT2D eigenvalue weighted by molar-refractivity contribution is -0.193. The molecule has 38 heavy (non-hydrogen) atoms. The summed E-state index contributed by atoms with van der Waals surface area (Å²) < 4.78 is 75.8. The summed E-state index contributed by atoms with van der Waals surface area (Å²) in [6.45, 7) is 5.44. The summed E-state index contributed by atoms with van der Waals surface area (Å²) in [4.78, 5) is 26.3. The number of rotatable bonds is 5. The molecule has 8 nitrogen and oxygen atoms in total. The lowest BCUT2D eigenvalue weighted by atomic mass is 10.1. The van der Waals surface area contributed by atoms with E-state index in [-0.39, 0.29) is 12.2 Å². The number of carboxylic acids is 2. The number of nitrogens with zero attached hydrogens (tertiary/aromatic N) is 2. The average molecular weight is 573 g/mol. The number of aliphatic carboxylic acids is 2. The van der Waals surface area contributed by atoms with Gasteiger partial charge in [0.1, 0.15) is 0 Å². The van der Waals surface area contributed by atoms with Gasteiger partial charge in [0.05, 0.1) is 31.1 Å². The van der Waals surface area contributed by atoms with E-state index in [9.17, 15) is 26.3 Å². The molecule has 0 amide bonds. The van der Waals surface area contributed by atoms with Crippen molar-refractivity contribution < 1.29 is 55.6 Å². The van der Waals surface area contributed by atoms with Crippen molar-refractivity contribution in [3.8, 4) is 0 Å². The van der Waals surface area contributed by atoms with Crippen LogP contribution in [0.4, 0.5) is 26.3 Å². The van der Waals surface area contributed by atoms with Gasteiger partial charge < -0.3 is 19.7 Å². The molecular formula is C23H26F6N2O6S. The highest BCUT2D eigenvalue weighted by Crippen LogP contribution is 2.33. The minimum atomic E-state index is -5.08. The topological polar surface area (TPSA) is 109 Å². The molecule has 2 aromatic rings. The monoisotopic (exact) mass is 572 g/mol. The highest BCUT2D eigenvalue weighted by Gasteiger charge is 2.43. The Labute approximate surface area is 217 Å². The molecule has 0 radical (unpaired) electrons. The predicted molar refractivity (Wildman–Crippen MR) is 122 cm³/mol. The Morgan fingerprint density at radius 3 is 2.24 bits per heavy atom. The molecular weight excluding hydrogens is 546 g/mol. The summed E-state index contributed by atoms with van der Waals surface area (Å²) in [7, 11) is 0. The van der Waals surface area contributed by atoms with Crippen LogP contribution >= 0.6 is 11.3 Å². The number of morpholine rings is 1. The van der Waals surface area contributed by atoms with Crippen molar-refractivity contribution in [2.75, 3.05) is 13.2 Å². The molecule has 212 valence electrons. The SMILES string of the molecule is Cc1cccc(CO[C@@H]2CC[C@H]3[C@H]2OCCN3Cc2cccs2)n1.O=C(O)C(F)(F)F.O=C(O)C(F)(F)F. The number of alkyl halides is 6. The van der Waals surface area contributed by atoms with Crippen LogP contribution in [0.2, 0.25) is 0 Å². The zero-order valence-electron chi connectivity index (χ0n) is 20.0. The van der Waals surface area contributed by atoms with Crippen molar-refractivity contribution in [1.82, 2.24) is 9.88 Å². The van der Waals surface area contributed by atoms with Gasteiger partial charge in [0.25, 0.3) is 0 Å². The first-order chi connectivity index (χ1) is 17.7. The first kappa shape index (κ1) is 31.5. The summed E-state index contributed by atoms with van der Waals surface area (Å²) in [6.07, 6.45) is -7.56. The van der Waals surface area contributed by atoms with Gasteiger partial charge in [-0.15, -0.1) is 11.3 Å². The Bertz CT molecular complexity index is 1010. The van der Waals surface area contributed by atoms with Crippen LogP contribution in [-0.2, 0) is 32.2 Å². The van der Waals surface area contributed by atoms with E-state index in [0.717, 1.165) is 43.9 Å². The summed E-state index contributed by atoms with van der Waals surface area (Å²) >= 11 is 1.84. The van der Waals surface area contributed by atoms with Gasteiger partial charge in [-0.1, -0.05) is 12.1 Å². The summed E-state index contributed by atoms with van der Waals surface area (Å²) in [5.41, 5.74) is 2.04. The average Bonchev–Trinajstić information content (AvgIpc) is 3.48. The second-order valence-corrected chi connectivity index (χ2v) is 9.29. The second-order valence-electron chi connectivity index (χ2n) is 8.26. The molecule has 3 atom stereocenters. The van der Waals surface area contributed by atoms with E-state index in [2.05, 4.69) is 27.4 Å². The molecule has 3 heterocycles. The van der Waals surface area contributed by atoms with Crippen LogP contribution in [0.3, 0.4) is 0 Å². The maximum atomic E-state index is 10.6. The van der Waals surface area contributed by atoms with E-state index in [1.165, 1.54) is 4.88 Å². The molecule has 1 aliphatic heterocycles. The highest BCUT2D eigenvalue weighted by atomic mass is 32.1. The number of halogens is 6. The fourth-order valence-corrected chi connectivity index (χ4v) is 4.57. The number of pyridine rings is 1. The zero-order valence-corrected chi connectivity index (χ0v) is 20.9. The van der Waals surface area contributed by atoms with Crippen LogP contribution in [0.1, 0.15) is 29.1 Å². The lowest BCUT2D eigenvalue weighted by Crippen LogP contribution is -2.51. The van der Waals surface area contributed by atoms with Crippen LogP contribution in [0.25, 0.3) is 0 Å². The standard InChI is InChI=1S/C19H24N2O2S.2C2HF3O2/c1-14-4-2-5-15(20-14)13-23-18-8-7-17-19(18)22-10-9-21(17)12-16-6-3-11-24-16;2*3-2(4,5)1(6)7/h2-6,11,17-19H,7-10,12-13H2,1H3;2*(H,6,7)/t17-,18+,19+;;/m0../s1. The molecule has 2 fully saturated rings. The van der Waals surface area contributed by atoms with Gasteiger partial charge in [0.2, 0.25) is 0 Å². The van der Waals surface area contributed by atoms with Crippen molar-refractivity contribution in [1.29, 1.82) is 0 Å². The maximum Gasteiger partial charge on any atom is 0.490 e. The normalized spacial score (nSPS) is 21.4. The van der Waals surface area contributed by atoms with Gasteiger partial charge in [-0.05, 0) is 43.3 Å². The van der Waals surface area contributed by atoms with Crippen molar-refractivity contribution in [2.45, 2.75) is 63.5 Å². The lowest BCUT2D eigenvalue weighted by Gasteiger charge is -2.38. The molecule has 0 aromatic carbocycles. The molecule has 0 spiro atoms. The van der Waals surface area contributed by atoms with Crippen molar-refractivity contribution in [2.24, 2.45) is 0 Å². The molecule has 0 bridgehead atoms. The first-order valence-corrected chi connectivity index (χ1v) is 12.1. The second kappa shape index (κ2) is 13.9. The molecule has 1 saturated heterocycles. The quantitative estimate of drug-likeness (QED) is 0.498. The van der Waals surface area contributed by atoms with E-state index in [0.29, 0.717) is 12.6 Å². The molecule has 0 unspecified atom stereocenters. The van der Waals surface area contributed by atoms with Crippen LogP contribution < -0.4 is 0 Å². The Kier molecular flexibility index (Phi) is 11.5. The van der Waals surface area contributed by atoms with Crippen molar-refractivity contribution >= 4 is 23.3 Å². The van der Waals surface area contributed by atoms with E-state index in [1.54, 1.807) is 0 Å². The van der Waals surface area contributed by atoms with E-state index in [4.69, 9.17) is 29.3 Å². The van der Waals surface area contributed by atoms with Crippen LogP contribution in [0.5, 0.6) is 0 Å². The minimum Gasteiger partial charge on any atom is -0.475 e. The summed E-state index contributed by atoms with van der Waals surface area (Å²) in [6, 6.07) is 10.9. The fourth-order valence-electron chi connectivity index (χ4n) is 3.84. The predicted octanol–water partition coefficient (Wildman–Crippen LogP) is 4.67. The Hall–Kier alpha value is -2.75. The molecule has 2 aliphatic rings. The number of aromatic nitrogens is 1. The molecule has 1 aliphatic carbocycles. The van der Waals surface area contributed by atoms with Crippen LogP contribution in [0, 0.1) is 6.92 Å². The number of aryl methyl sites for hydroxylation is 1. The number of carboxylic acid groups (broad SMARTS) is 2. The van der Waals surface area contributed by atoms with E-state index < -0.39 is 24.3 Å². The maximum absolute atomic E-state index is 10.6. The number of carbonyl (C=O) groups is 2. The number of hydrogen-bond donors (Lipinski definition) is 2. The Morgan fingerprint density at radius 2 is 1.71 bits per heavy atom. The summed E-state index contributed by atoms with van der Waals surface area (Å²) in [5.74, 6) is -5.51. The molecule has 1 saturated carbocycles. The Balaban J connectivity index is 0.000000301. The molecule has 2 N–H and O–H groups in total. The van der Waals surface area contributed by atoms with Gasteiger partial charge in [0.15, 0.2) is 0 Å². The number of hydrogen-bond acceptors (Lipinski definition) is 7. The number of ether oxygens (including phenoxy) is 2. The van der Waals surface area contributed by atoms with E-state index in [1.807, 2.05) is 36.5 Å². The third-order valence-corrected chi connectivity index (χ3v) is 6.33. The molecule has 4 rings (SSSR count).